The molecule has 0 saturated heterocycles. The van der Waals surface area contributed by atoms with Crippen molar-refractivity contribution in [2.24, 2.45) is 5.92 Å². The molecular weight excluding hydrogens is 72.1 g/mol. The Bertz CT molecular complexity index is 37.3. The molecule has 0 nitrogen and oxygen atoms in total. The van der Waals surface area contributed by atoms with E-state index in [1.54, 1.807) is 6.08 Å². The Morgan fingerprint density at radius 1 is 1.67 bits per heavy atom. The number of hydrogen-bond donors (Lipinski definition) is 0. The summed E-state index contributed by atoms with van der Waals surface area (Å²) in [7, 11) is 0. The molecule has 0 heterocycles. The Balaban J connectivity index is 2.96. The van der Waals surface area contributed by atoms with Crippen LogP contribution < -0.4 is 0 Å². The Kier molecular flexibility index (Phi) is 2.82. The summed E-state index contributed by atoms with van der Waals surface area (Å²) < 4.78 is 0. The molecule has 34 valence electrons. The Labute approximate surface area is 39.9 Å². The van der Waals surface area contributed by atoms with Crippen LogP contribution in [0.2, 0.25) is 0 Å². The second-order valence-corrected chi connectivity index (χ2v) is 1.38. The molecule has 0 aliphatic heterocycles. The molecule has 0 aromatic carbocycles. The lowest BCUT2D eigenvalue weighted by Crippen LogP contribution is -1.82. The lowest BCUT2D eigenvalue weighted by atomic mass is 10.1. The number of rotatable bonds is 2. The maximum absolute atomic E-state index is 5.13. The minimum Gasteiger partial charge on any atom is -0.0814 e. The highest BCUT2D eigenvalue weighted by molar-refractivity contribution is 4.80. The summed E-state index contributed by atoms with van der Waals surface area (Å²) in [6.07, 6.45) is 3.71. The second kappa shape index (κ2) is 2.95. The minimum absolute atomic E-state index is 0.463. The zero-order valence-corrected chi connectivity index (χ0v) is 4.31. The van der Waals surface area contributed by atoms with E-state index in [0.29, 0.717) is 5.92 Å². The third kappa shape index (κ3) is 2.01. The molecule has 0 amide bonds. The summed E-state index contributed by atoms with van der Waals surface area (Å²) in [6.45, 7) is 9.16. The van der Waals surface area contributed by atoms with E-state index in [1.807, 2.05) is 20.3 Å². The van der Waals surface area contributed by atoms with Crippen molar-refractivity contribution >= 4 is 0 Å². The van der Waals surface area contributed by atoms with Gasteiger partial charge in [0, 0.05) is 0 Å². The molecule has 0 spiro atoms. The third-order valence-corrected chi connectivity index (χ3v) is 0.829. The summed E-state index contributed by atoms with van der Waals surface area (Å²) in [5.41, 5.74) is 0. The predicted molar refractivity (Wildman–Crippen MR) is 28.0 cm³/mol. The zero-order valence-electron chi connectivity index (χ0n) is 4.31. The molecule has 1 atom stereocenters. The highest BCUT2D eigenvalue weighted by atomic mass is 13.9. The molecule has 0 N–H and O–H groups in total. The average molecular weight is 82.1 g/mol. The fourth-order valence-electron chi connectivity index (χ4n) is 0.111. The maximum atomic E-state index is 5.13. The van der Waals surface area contributed by atoms with Crippen molar-refractivity contribution in [3.05, 3.63) is 19.1 Å². The highest BCUT2D eigenvalue weighted by Gasteiger charge is 1.85. The molecule has 0 fully saturated rings. The van der Waals surface area contributed by atoms with Gasteiger partial charge in [-0.05, 0) is 12.3 Å². The molecule has 1 unspecified atom stereocenters. The van der Waals surface area contributed by atoms with Crippen molar-refractivity contribution < 1.29 is 0 Å². The lowest BCUT2D eigenvalue weighted by Gasteiger charge is -1.93. The van der Waals surface area contributed by atoms with Gasteiger partial charge >= 0.3 is 0 Å². The van der Waals surface area contributed by atoms with Gasteiger partial charge in [-0.2, -0.15) is 0 Å². The topological polar surface area (TPSA) is 0 Å². The first kappa shape index (κ1) is 5.74. The third-order valence-electron chi connectivity index (χ3n) is 0.829. The molecule has 0 saturated carbocycles. The standard InChI is InChI=1S/C6H10/c1-4-6(3)5-2/h1,4-6H,2-3H3. The van der Waals surface area contributed by atoms with Gasteiger partial charge in [0.25, 0.3) is 0 Å². The summed E-state index contributed by atoms with van der Waals surface area (Å²) in [5.74, 6) is 0.463. The summed E-state index contributed by atoms with van der Waals surface area (Å²) in [4.78, 5) is 0. The first-order chi connectivity index (χ1) is 2.81. The van der Waals surface area contributed by atoms with Gasteiger partial charge < -0.3 is 0 Å². The van der Waals surface area contributed by atoms with Crippen LogP contribution in [-0.2, 0) is 0 Å². The molecule has 0 rings (SSSR count). The molecule has 0 heteroatoms. The van der Waals surface area contributed by atoms with Gasteiger partial charge in [-0.25, -0.2) is 0 Å². The van der Waals surface area contributed by atoms with Crippen LogP contribution in [-0.4, -0.2) is 0 Å². The first-order valence-corrected chi connectivity index (χ1v) is 2.15. The van der Waals surface area contributed by atoms with Crippen molar-refractivity contribution in [3.8, 4) is 0 Å². The van der Waals surface area contributed by atoms with Crippen LogP contribution in [0.15, 0.2) is 6.08 Å². The van der Waals surface area contributed by atoms with Crippen molar-refractivity contribution in [3.63, 3.8) is 0 Å². The van der Waals surface area contributed by atoms with Crippen molar-refractivity contribution in [2.45, 2.75) is 13.8 Å². The van der Waals surface area contributed by atoms with Gasteiger partial charge in [0.2, 0.25) is 0 Å². The van der Waals surface area contributed by atoms with Gasteiger partial charge in [-0.15, -0.1) is 0 Å². The van der Waals surface area contributed by atoms with Gasteiger partial charge in [-0.3, -0.25) is 0 Å². The monoisotopic (exact) mass is 82.1 g/mol. The molecule has 0 aliphatic carbocycles. The maximum Gasteiger partial charge on any atom is -0.0230 e. The zero-order chi connectivity index (χ0) is 4.99. The van der Waals surface area contributed by atoms with E-state index in [1.165, 1.54) is 0 Å². The van der Waals surface area contributed by atoms with Crippen LogP contribution in [0.25, 0.3) is 0 Å². The van der Waals surface area contributed by atoms with E-state index in [2.05, 4.69) is 0 Å². The van der Waals surface area contributed by atoms with Crippen LogP contribution in [0.3, 0.4) is 0 Å². The van der Waals surface area contributed by atoms with Crippen molar-refractivity contribution in [1.82, 2.24) is 0 Å². The molecule has 0 aromatic heterocycles. The molecule has 2 radical (unpaired) electrons. The van der Waals surface area contributed by atoms with E-state index < -0.39 is 0 Å². The smallest absolute Gasteiger partial charge is 0.0230 e. The first-order valence-electron chi connectivity index (χ1n) is 2.15. The van der Waals surface area contributed by atoms with E-state index in [9.17, 15) is 0 Å². The van der Waals surface area contributed by atoms with E-state index >= 15 is 0 Å². The van der Waals surface area contributed by atoms with Crippen molar-refractivity contribution in [1.29, 1.82) is 0 Å². The largest absolute Gasteiger partial charge is 0.0814 e. The van der Waals surface area contributed by atoms with E-state index in [-0.39, 0.29) is 0 Å². The molecule has 0 aromatic rings. The summed E-state index contributed by atoms with van der Waals surface area (Å²) in [5, 5.41) is 0. The van der Waals surface area contributed by atoms with Gasteiger partial charge in [0.05, 0.1) is 0 Å². The van der Waals surface area contributed by atoms with Gasteiger partial charge in [-0.1, -0.05) is 26.5 Å². The van der Waals surface area contributed by atoms with Crippen LogP contribution in [0.5, 0.6) is 0 Å². The Morgan fingerprint density at radius 2 is 2.17 bits per heavy atom. The normalized spacial score (nSPS) is 13.7. The molecule has 0 bridgehead atoms. The fourth-order valence-corrected chi connectivity index (χ4v) is 0.111. The summed E-state index contributed by atoms with van der Waals surface area (Å²) in [6, 6.07) is 0. The highest BCUT2D eigenvalue weighted by Crippen LogP contribution is 1.96. The van der Waals surface area contributed by atoms with E-state index in [4.69, 9.17) is 6.58 Å². The van der Waals surface area contributed by atoms with Crippen LogP contribution in [0, 0.1) is 18.9 Å². The van der Waals surface area contributed by atoms with Crippen LogP contribution in [0.1, 0.15) is 13.8 Å². The molecular formula is C6H10. The second-order valence-electron chi connectivity index (χ2n) is 1.38. The predicted octanol–water partition coefficient (Wildman–Crippen LogP) is 1.84. The summed E-state index contributed by atoms with van der Waals surface area (Å²) >= 11 is 0. The van der Waals surface area contributed by atoms with Crippen molar-refractivity contribution in [2.75, 3.05) is 0 Å². The Hall–Kier alpha value is -0.260. The quantitative estimate of drug-likeness (QED) is 0.476. The van der Waals surface area contributed by atoms with Crippen LogP contribution >= 0.6 is 0 Å². The van der Waals surface area contributed by atoms with E-state index in [0.717, 1.165) is 0 Å². The SMILES string of the molecule is [CH]=CC(C)[CH]C. The lowest BCUT2D eigenvalue weighted by molar-refractivity contribution is 0.857. The fraction of sp³-hybridized carbons (Fsp3) is 0.500. The van der Waals surface area contributed by atoms with Crippen LogP contribution in [0.4, 0.5) is 0 Å². The Morgan fingerprint density at radius 3 is 2.17 bits per heavy atom. The van der Waals surface area contributed by atoms with Gasteiger partial charge in [0.1, 0.15) is 0 Å². The number of hydrogen-bond acceptors (Lipinski definition) is 0. The minimum atomic E-state index is 0.463. The molecule has 6 heavy (non-hydrogen) atoms. The average Bonchev–Trinajstić information content (AvgIpc) is 1.65. The van der Waals surface area contributed by atoms with Gasteiger partial charge in [0.15, 0.2) is 0 Å². The number of allylic oxidation sites excluding steroid dienone is 1. The molecule has 0 aliphatic rings.